The zero-order valence-electron chi connectivity index (χ0n) is 14.2. The van der Waals surface area contributed by atoms with Gasteiger partial charge in [0.15, 0.2) is 0 Å². The van der Waals surface area contributed by atoms with Crippen molar-refractivity contribution >= 4 is 34.9 Å². The lowest BCUT2D eigenvalue weighted by Crippen LogP contribution is -2.34. The molecule has 0 bridgehead atoms. The van der Waals surface area contributed by atoms with E-state index in [1.807, 2.05) is 35.4 Å². The first-order valence-electron chi connectivity index (χ1n) is 8.37. The highest BCUT2D eigenvalue weighted by atomic mass is 32.2. The highest BCUT2D eigenvalue weighted by Gasteiger charge is 2.47. The summed E-state index contributed by atoms with van der Waals surface area (Å²) in [5.41, 5.74) is 2.48. The van der Waals surface area contributed by atoms with Crippen LogP contribution in [0.1, 0.15) is 39.7 Å². The largest absolute Gasteiger partial charge is 0.344 e. The van der Waals surface area contributed by atoms with Crippen molar-refractivity contribution in [2.24, 2.45) is 5.92 Å². The molecule has 2 aliphatic rings. The number of amides is 2. The molecule has 2 heterocycles. The molecule has 25 heavy (non-hydrogen) atoms. The summed E-state index contributed by atoms with van der Waals surface area (Å²) in [7, 11) is 0. The molecule has 2 aromatic rings. The Morgan fingerprint density at radius 3 is 2.60 bits per heavy atom. The number of rotatable bonds is 3. The van der Waals surface area contributed by atoms with E-state index in [0.29, 0.717) is 12.5 Å². The first-order valence-corrected chi connectivity index (χ1v) is 10.4. The van der Waals surface area contributed by atoms with E-state index in [9.17, 15) is 9.59 Å². The van der Waals surface area contributed by atoms with Gasteiger partial charge < -0.3 is 10.2 Å². The van der Waals surface area contributed by atoms with Gasteiger partial charge in [-0.15, -0.1) is 23.1 Å². The van der Waals surface area contributed by atoms with Crippen LogP contribution in [0, 0.1) is 5.92 Å². The van der Waals surface area contributed by atoms with Crippen molar-refractivity contribution < 1.29 is 9.59 Å². The topological polar surface area (TPSA) is 49.4 Å². The highest BCUT2D eigenvalue weighted by Crippen LogP contribution is 2.49. The molecule has 0 unspecified atom stereocenters. The van der Waals surface area contributed by atoms with Gasteiger partial charge in [-0.05, 0) is 29.5 Å². The molecule has 1 aliphatic heterocycles. The van der Waals surface area contributed by atoms with Gasteiger partial charge in [-0.2, -0.15) is 0 Å². The maximum atomic E-state index is 12.8. The molecule has 0 spiro atoms. The lowest BCUT2D eigenvalue weighted by Gasteiger charge is -2.22. The van der Waals surface area contributed by atoms with E-state index in [2.05, 4.69) is 17.4 Å². The Hall–Kier alpha value is -1.79. The molecular weight excluding hydrogens is 352 g/mol. The Kier molecular flexibility index (Phi) is 4.33. The van der Waals surface area contributed by atoms with Crippen molar-refractivity contribution in [1.82, 2.24) is 10.2 Å². The Morgan fingerprint density at radius 1 is 1.16 bits per heavy atom. The van der Waals surface area contributed by atoms with Crippen molar-refractivity contribution in [1.29, 1.82) is 0 Å². The number of carbonyl (C=O) groups excluding carboxylic acids is 2. The first kappa shape index (κ1) is 16.7. The van der Waals surface area contributed by atoms with Crippen molar-refractivity contribution in [3.63, 3.8) is 0 Å². The molecule has 4 rings (SSSR count). The maximum Gasteiger partial charge on any atom is 0.261 e. The SMILES string of the molecule is CSc1ccc(C(=O)N[C@@H]2c3ccccc3[C@H]3CN(C(C)=O)C[C@H]32)s1. The number of likely N-dealkylation sites (tertiary alicyclic amines) is 1. The average molecular weight is 373 g/mol. The summed E-state index contributed by atoms with van der Waals surface area (Å²) in [6.07, 6.45) is 2.01. The first-order chi connectivity index (χ1) is 12.1. The van der Waals surface area contributed by atoms with Gasteiger partial charge in [-0.1, -0.05) is 24.3 Å². The molecule has 1 saturated heterocycles. The number of benzene rings is 1. The fourth-order valence-corrected chi connectivity index (χ4v) is 5.51. The normalized spacial score (nSPS) is 24.1. The number of nitrogens with zero attached hydrogens (tertiary/aromatic N) is 1. The summed E-state index contributed by atoms with van der Waals surface area (Å²) >= 11 is 3.17. The number of hydrogen-bond donors (Lipinski definition) is 1. The Morgan fingerprint density at radius 2 is 1.92 bits per heavy atom. The molecule has 1 aromatic heterocycles. The van der Waals surface area contributed by atoms with Gasteiger partial charge in [0.2, 0.25) is 5.91 Å². The number of hydrogen-bond acceptors (Lipinski definition) is 4. The Labute approximate surface area is 155 Å². The predicted octanol–water partition coefficient (Wildman–Crippen LogP) is 3.52. The summed E-state index contributed by atoms with van der Waals surface area (Å²) in [5.74, 6) is 0.660. The lowest BCUT2D eigenvalue weighted by molar-refractivity contribution is -0.128. The van der Waals surface area contributed by atoms with E-state index in [1.54, 1.807) is 18.7 Å². The monoisotopic (exact) mass is 372 g/mol. The van der Waals surface area contributed by atoms with Crippen LogP contribution in [0.25, 0.3) is 0 Å². The Balaban J connectivity index is 1.61. The minimum atomic E-state index is -0.0297. The molecule has 0 radical (unpaired) electrons. The van der Waals surface area contributed by atoms with Crippen LogP contribution in [0.3, 0.4) is 0 Å². The molecular formula is C19H20N2O2S2. The van der Waals surface area contributed by atoms with E-state index < -0.39 is 0 Å². The van der Waals surface area contributed by atoms with Crippen LogP contribution in [-0.4, -0.2) is 36.1 Å². The summed E-state index contributed by atoms with van der Waals surface area (Å²) in [5, 5.41) is 3.24. The van der Waals surface area contributed by atoms with Gasteiger partial charge in [-0.3, -0.25) is 9.59 Å². The fraction of sp³-hybridized carbons (Fsp3) is 0.368. The zero-order chi connectivity index (χ0) is 17.6. The summed E-state index contributed by atoms with van der Waals surface area (Å²) in [4.78, 5) is 27.2. The van der Waals surface area contributed by atoms with Crippen LogP contribution in [0.5, 0.6) is 0 Å². The highest BCUT2D eigenvalue weighted by molar-refractivity contribution is 8.00. The molecule has 6 heteroatoms. The second-order valence-electron chi connectivity index (χ2n) is 6.60. The maximum absolute atomic E-state index is 12.8. The fourth-order valence-electron chi connectivity index (χ4n) is 4.06. The molecule has 3 atom stereocenters. The third kappa shape index (κ3) is 2.87. The number of carbonyl (C=O) groups is 2. The van der Waals surface area contributed by atoms with Gasteiger partial charge in [0.05, 0.1) is 15.1 Å². The third-order valence-electron chi connectivity index (χ3n) is 5.26. The van der Waals surface area contributed by atoms with Crippen molar-refractivity contribution in [3.05, 3.63) is 52.4 Å². The molecule has 130 valence electrons. The molecule has 2 amide bonds. The minimum Gasteiger partial charge on any atom is -0.344 e. The molecule has 4 nitrogen and oxygen atoms in total. The summed E-state index contributed by atoms with van der Waals surface area (Å²) in [6, 6.07) is 12.2. The van der Waals surface area contributed by atoms with E-state index in [4.69, 9.17) is 0 Å². The molecule has 1 N–H and O–H groups in total. The molecule has 1 fully saturated rings. The van der Waals surface area contributed by atoms with Crippen LogP contribution in [0.15, 0.2) is 40.6 Å². The summed E-state index contributed by atoms with van der Waals surface area (Å²) < 4.78 is 1.14. The van der Waals surface area contributed by atoms with Crippen LogP contribution in [-0.2, 0) is 4.79 Å². The van der Waals surface area contributed by atoms with Gasteiger partial charge in [-0.25, -0.2) is 0 Å². The van der Waals surface area contributed by atoms with Gasteiger partial charge in [0.25, 0.3) is 5.91 Å². The van der Waals surface area contributed by atoms with E-state index in [-0.39, 0.29) is 23.8 Å². The van der Waals surface area contributed by atoms with Crippen molar-refractivity contribution in [2.45, 2.75) is 23.1 Å². The molecule has 1 aliphatic carbocycles. The van der Waals surface area contributed by atoms with Crippen LogP contribution in [0.4, 0.5) is 0 Å². The lowest BCUT2D eigenvalue weighted by atomic mass is 9.94. The smallest absolute Gasteiger partial charge is 0.261 e. The minimum absolute atomic E-state index is 0.0213. The van der Waals surface area contributed by atoms with Crippen LogP contribution < -0.4 is 5.32 Å². The van der Waals surface area contributed by atoms with Crippen molar-refractivity contribution in [3.8, 4) is 0 Å². The standard InChI is InChI=1S/C19H20N2O2S2/c1-11(22)21-9-14-12-5-3-4-6-13(12)18(15(14)10-21)20-19(23)16-7-8-17(24-2)25-16/h3-8,14-15,18H,9-10H2,1-2H3,(H,20,23)/t14-,15-,18-/m1/s1. The zero-order valence-corrected chi connectivity index (χ0v) is 15.8. The van der Waals surface area contributed by atoms with Crippen molar-refractivity contribution in [2.75, 3.05) is 19.3 Å². The quantitative estimate of drug-likeness (QED) is 0.839. The van der Waals surface area contributed by atoms with E-state index in [1.165, 1.54) is 22.5 Å². The second-order valence-corrected chi connectivity index (χ2v) is 8.79. The van der Waals surface area contributed by atoms with Crippen LogP contribution >= 0.6 is 23.1 Å². The average Bonchev–Trinajstić information content (AvgIpc) is 3.30. The third-order valence-corrected chi connectivity index (χ3v) is 7.43. The van der Waals surface area contributed by atoms with Crippen LogP contribution in [0.2, 0.25) is 0 Å². The second kappa shape index (κ2) is 6.50. The van der Waals surface area contributed by atoms with E-state index in [0.717, 1.165) is 15.6 Å². The van der Waals surface area contributed by atoms with E-state index >= 15 is 0 Å². The van der Waals surface area contributed by atoms with Gasteiger partial charge in [0, 0.05) is 31.8 Å². The number of nitrogens with one attached hydrogen (secondary N) is 1. The number of thioether (sulfide) groups is 1. The predicted molar refractivity (Wildman–Crippen MR) is 101 cm³/mol. The number of fused-ring (bicyclic) bond motifs is 3. The van der Waals surface area contributed by atoms with Gasteiger partial charge in [0.1, 0.15) is 0 Å². The Bertz CT molecular complexity index is 832. The summed E-state index contributed by atoms with van der Waals surface area (Å²) in [6.45, 7) is 3.08. The van der Waals surface area contributed by atoms with Gasteiger partial charge >= 0.3 is 0 Å². The number of thiophene rings is 1. The molecule has 0 saturated carbocycles. The molecule has 1 aromatic carbocycles.